The number of nitrogens with two attached hydrogens (primary N) is 1. The van der Waals surface area contributed by atoms with Crippen molar-refractivity contribution in [2.75, 3.05) is 5.43 Å². The Morgan fingerprint density at radius 2 is 2.06 bits per heavy atom. The molecule has 0 fully saturated rings. The first-order valence-corrected chi connectivity index (χ1v) is 5.42. The van der Waals surface area contributed by atoms with Crippen LogP contribution in [0.25, 0.3) is 0 Å². The van der Waals surface area contributed by atoms with Crippen LogP contribution in [0.3, 0.4) is 0 Å². The Bertz CT molecular complexity index is 535. The number of nitrogens with one attached hydrogen (secondary N) is 1. The van der Waals surface area contributed by atoms with Crippen molar-refractivity contribution in [1.29, 1.82) is 0 Å². The molecule has 0 aliphatic heterocycles. The van der Waals surface area contributed by atoms with Gasteiger partial charge in [0.15, 0.2) is 5.82 Å². The molecule has 0 atom stereocenters. The van der Waals surface area contributed by atoms with Crippen molar-refractivity contribution >= 4 is 17.6 Å². The van der Waals surface area contributed by atoms with Gasteiger partial charge in [0.1, 0.15) is 16.7 Å². The summed E-state index contributed by atoms with van der Waals surface area (Å²) in [5, 5.41) is 0.464. The normalized spacial score (nSPS) is 10.3. The molecule has 0 spiro atoms. The van der Waals surface area contributed by atoms with E-state index < -0.39 is 11.6 Å². The molecule has 0 aliphatic carbocycles. The van der Waals surface area contributed by atoms with E-state index in [2.05, 4.69) is 15.4 Å². The Morgan fingerprint density at radius 1 is 1.24 bits per heavy atom. The molecular formula is C10H8F2N4S. The predicted molar refractivity (Wildman–Crippen MR) is 60.3 cm³/mol. The topological polar surface area (TPSA) is 63.8 Å². The molecule has 0 aliphatic rings. The molecule has 0 saturated carbocycles. The molecule has 0 bridgehead atoms. The monoisotopic (exact) mass is 254 g/mol. The van der Waals surface area contributed by atoms with Gasteiger partial charge < -0.3 is 5.43 Å². The van der Waals surface area contributed by atoms with Crippen molar-refractivity contribution in [3.8, 4) is 0 Å². The number of benzene rings is 1. The average Bonchev–Trinajstić information content (AvgIpc) is 2.33. The van der Waals surface area contributed by atoms with Crippen LogP contribution in [0.1, 0.15) is 0 Å². The van der Waals surface area contributed by atoms with Gasteiger partial charge in [-0.25, -0.2) is 19.6 Å². The minimum atomic E-state index is -0.636. The number of halogens is 2. The lowest BCUT2D eigenvalue weighted by Crippen LogP contribution is -2.08. The predicted octanol–water partition coefficient (Wildman–Crippen LogP) is 2.19. The molecule has 1 aromatic carbocycles. The van der Waals surface area contributed by atoms with Gasteiger partial charge in [0.2, 0.25) is 0 Å². The third kappa shape index (κ3) is 2.89. The number of nitrogens with zero attached hydrogens (tertiary/aromatic N) is 2. The Balaban J connectivity index is 2.25. The molecule has 1 aromatic heterocycles. The van der Waals surface area contributed by atoms with Crippen LogP contribution in [-0.2, 0) is 0 Å². The fourth-order valence-corrected chi connectivity index (χ4v) is 1.91. The van der Waals surface area contributed by atoms with Crippen molar-refractivity contribution in [3.63, 3.8) is 0 Å². The highest BCUT2D eigenvalue weighted by atomic mass is 32.2. The van der Waals surface area contributed by atoms with Gasteiger partial charge in [0, 0.05) is 11.0 Å². The summed E-state index contributed by atoms with van der Waals surface area (Å²) in [4.78, 5) is 8.20. The van der Waals surface area contributed by atoms with Gasteiger partial charge in [0.05, 0.1) is 12.4 Å². The Morgan fingerprint density at radius 3 is 2.76 bits per heavy atom. The van der Waals surface area contributed by atoms with E-state index in [0.29, 0.717) is 10.8 Å². The number of nitrogen functional groups attached to an aromatic ring is 1. The first-order chi connectivity index (χ1) is 8.19. The highest BCUT2D eigenvalue weighted by Gasteiger charge is 2.07. The van der Waals surface area contributed by atoms with Crippen LogP contribution in [0.2, 0.25) is 0 Å². The fraction of sp³-hybridized carbons (Fsp3) is 0. The number of anilines is 1. The smallest absolute Gasteiger partial charge is 0.159 e. The summed E-state index contributed by atoms with van der Waals surface area (Å²) in [5.74, 6) is 4.30. The molecular weight excluding hydrogens is 246 g/mol. The Labute approximate surface area is 100 Å². The summed E-state index contributed by atoms with van der Waals surface area (Å²) < 4.78 is 26.1. The van der Waals surface area contributed by atoms with Crippen LogP contribution >= 0.6 is 11.8 Å². The largest absolute Gasteiger partial charge is 0.307 e. The van der Waals surface area contributed by atoms with Crippen LogP contribution in [0.4, 0.5) is 14.6 Å². The van der Waals surface area contributed by atoms with E-state index >= 15 is 0 Å². The van der Waals surface area contributed by atoms with E-state index in [9.17, 15) is 8.78 Å². The molecule has 1 heterocycles. The van der Waals surface area contributed by atoms with Crippen molar-refractivity contribution in [3.05, 3.63) is 42.2 Å². The summed E-state index contributed by atoms with van der Waals surface area (Å²) in [6.45, 7) is 0. The van der Waals surface area contributed by atoms with Crippen LogP contribution in [0, 0.1) is 11.6 Å². The SMILES string of the molecule is NNc1cncc(Sc2ccc(F)cc2F)n1. The van der Waals surface area contributed by atoms with Crippen LogP contribution < -0.4 is 11.3 Å². The van der Waals surface area contributed by atoms with Crippen molar-refractivity contribution in [2.24, 2.45) is 5.84 Å². The van der Waals surface area contributed by atoms with E-state index in [0.717, 1.165) is 17.8 Å². The van der Waals surface area contributed by atoms with Gasteiger partial charge in [-0.3, -0.25) is 4.98 Å². The van der Waals surface area contributed by atoms with E-state index in [1.165, 1.54) is 24.5 Å². The number of hydrogen-bond acceptors (Lipinski definition) is 5. The first-order valence-electron chi connectivity index (χ1n) is 4.60. The lowest BCUT2D eigenvalue weighted by Gasteiger charge is -2.04. The van der Waals surface area contributed by atoms with Crippen LogP contribution in [-0.4, -0.2) is 9.97 Å². The van der Waals surface area contributed by atoms with Crippen molar-refractivity contribution in [1.82, 2.24) is 9.97 Å². The lowest BCUT2D eigenvalue weighted by atomic mass is 10.3. The molecule has 2 rings (SSSR count). The molecule has 88 valence electrons. The van der Waals surface area contributed by atoms with Gasteiger partial charge in [-0.2, -0.15) is 0 Å². The molecule has 2 aromatic rings. The average molecular weight is 254 g/mol. The van der Waals surface area contributed by atoms with Crippen molar-refractivity contribution in [2.45, 2.75) is 9.92 Å². The van der Waals surface area contributed by atoms with Crippen LogP contribution in [0.5, 0.6) is 0 Å². The molecule has 17 heavy (non-hydrogen) atoms. The lowest BCUT2D eigenvalue weighted by molar-refractivity contribution is 0.565. The molecule has 0 radical (unpaired) electrons. The number of hydrazine groups is 1. The van der Waals surface area contributed by atoms with Crippen molar-refractivity contribution < 1.29 is 8.78 Å². The number of aromatic nitrogens is 2. The van der Waals surface area contributed by atoms with E-state index in [1.807, 2.05) is 0 Å². The molecule has 0 amide bonds. The third-order valence-electron chi connectivity index (χ3n) is 1.87. The van der Waals surface area contributed by atoms with E-state index in [-0.39, 0.29) is 4.90 Å². The minimum absolute atomic E-state index is 0.273. The Kier molecular flexibility index (Phi) is 3.50. The maximum Gasteiger partial charge on any atom is 0.159 e. The number of hydrogen-bond donors (Lipinski definition) is 2. The molecule has 3 N–H and O–H groups in total. The summed E-state index contributed by atoms with van der Waals surface area (Å²) in [7, 11) is 0. The number of rotatable bonds is 3. The standard InChI is InChI=1S/C10H8F2N4S/c11-6-1-2-8(7(12)3-6)17-10-5-14-4-9(15-10)16-13/h1-5H,13H2,(H,15,16). The molecule has 0 unspecified atom stereocenters. The second kappa shape index (κ2) is 5.07. The summed E-state index contributed by atoms with van der Waals surface area (Å²) in [6.07, 6.45) is 2.90. The van der Waals surface area contributed by atoms with E-state index in [1.54, 1.807) is 0 Å². The summed E-state index contributed by atoms with van der Waals surface area (Å²) in [5.41, 5.74) is 2.34. The van der Waals surface area contributed by atoms with Gasteiger partial charge in [0.25, 0.3) is 0 Å². The molecule has 4 nitrogen and oxygen atoms in total. The van der Waals surface area contributed by atoms with Gasteiger partial charge in [-0.05, 0) is 12.1 Å². The maximum absolute atomic E-state index is 13.4. The summed E-state index contributed by atoms with van der Waals surface area (Å²) in [6, 6.07) is 3.35. The van der Waals surface area contributed by atoms with Gasteiger partial charge in [-0.1, -0.05) is 11.8 Å². The zero-order chi connectivity index (χ0) is 12.3. The Hall–Kier alpha value is -1.73. The second-order valence-corrected chi connectivity index (χ2v) is 4.13. The molecule has 7 heteroatoms. The second-order valence-electron chi connectivity index (χ2n) is 3.06. The summed E-state index contributed by atoms with van der Waals surface area (Å²) >= 11 is 1.04. The minimum Gasteiger partial charge on any atom is -0.307 e. The zero-order valence-corrected chi connectivity index (χ0v) is 9.34. The maximum atomic E-state index is 13.4. The zero-order valence-electron chi connectivity index (χ0n) is 8.52. The quantitative estimate of drug-likeness (QED) is 0.649. The highest BCUT2D eigenvalue weighted by Crippen LogP contribution is 2.28. The van der Waals surface area contributed by atoms with Crippen LogP contribution in [0.15, 0.2) is 40.5 Å². The molecule has 0 saturated heterocycles. The first kappa shape index (κ1) is 11.7. The van der Waals surface area contributed by atoms with E-state index in [4.69, 9.17) is 5.84 Å². The third-order valence-corrected chi connectivity index (χ3v) is 2.83. The highest BCUT2D eigenvalue weighted by molar-refractivity contribution is 7.99. The van der Waals surface area contributed by atoms with Gasteiger partial charge >= 0.3 is 0 Å². The van der Waals surface area contributed by atoms with Gasteiger partial charge in [-0.15, -0.1) is 0 Å². The fourth-order valence-electron chi connectivity index (χ4n) is 1.14.